The number of hydrogen-bond donors (Lipinski definition) is 0. The normalized spacial score (nSPS) is 16.7. The van der Waals surface area contributed by atoms with E-state index >= 15 is 0 Å². The van der Waals surface area contributed by atoms with Crippen molar-refractivity contribution < 1.29 is 9.72 Å². The van der Waals surface area contributed by atoms with Crippen LogP contribution in [0.1, 0.15) is 24.2 Å². The zero-order chi connectivity index (χ0) is 18.8. The summed E-state index contributed by atoms with van der Waals surface area (Å²) in [6, 6.07) is -0.559. The maximum atomic E-state index is 12.7. The second-order valence-corrected chi connectivity index (χ2v) is 6.63. The van der Waals surface area contributed by atoms with Crippen molar-refractivity contribution in [3.8, 4) is 0 Å². The van der Waals surface area contributed by atoms with E-state index in [2.05, 4.69) is 15.1 Å². The second-order valence-electron chi connectivity index (χ2n) is 6.63. The lowest BCUT2D eigenvalue weighted by Gasteiger charge is -2.35. The highest BCUT2D eigenvalue weighted by Crippen LogP contribution is 2.17. The molecule has 2 aromatic rings. The van der Waals surface area contributed by atoms with Crippen molar-refractivity contribution in [1.82, 2.24) is 29.4 Å². The first kappa shape index (κ1) is 18.1. The summed E-state index contributed by atoms with van der Waals surface area (Å²) in [6.45, 7) is 7.36. The molecule has 0 N–H and O–H groups in total. The number of aromatic nitrogens is 4. The van der Waals surface area contributed by atoms with Crippen LogP contribution in [-0.4, -0.2) is 66.4 Å². The Balaban J connectivity index is 1.55. The number of nitrogens with zero attached hydrogens (tertiary/aromatic N) is 7. The first-order chi connectivity index (χ1) is 12.3. The number of piperazine rings is 1. The third kappa shape index (κ3) is 3.74. The fourth-order valence-corrected chi connectivity index (χ4v) is 3.18. The quantitative estimate of drug-likeness (QED) is 0.575. The van der Waals surface area contributed by atoms with Gasteiger partial charge in [0.15, 0.2) is 0 Å². The van der Waals surface area contributed by atoms with Crippen LogP contribution in [-0.2, 0) is 18.4 Å². The van der Waals surface area contributed by atoms with Gasteiger partial charge < -0.3 is 4.90 Å². The van der Waals surface area contributed by atoms with Gasteiger partial charge in [-0.25, -0.2) is 0 Å². The number of carbonyl (C=O) groups is 1. The SMILES string of the molecule is Cc1nn(C)cc1CN1CCN(C(=O)C(C)n2cc([N+](=O)[O-])cn2)CC1. The predicted molar refractivity (Wildman–Crippen MR) is 93.4 cm³/mol. The van der Waals surface area contributed by atoms with Gasteiger partial charge in [-0.3, -0.25) is 29.2 Å². The second kappa shape index (κ2) is 7.24. The van der Waals surface area contributed by atoms with Gasteiger partial charge in [0.2, 0.25) is 5.91 Å². The molecule has 0 aliphatic carbocycles. The average Bonchev–Trinajstić information content (AvgIpc) is 3.21. The smallest absolute Gasteiger partial charge is 0.307 e. The van der Waals surface area contributed by atoms with Crippen LogP contribution in [0.25, 0.3) is 0 Å². The highest BCUT2D eigenvalue weighted by atomic mass is 16.6. The lowest BCUT2D eigenvalue weighted by Crippen LogP contribution is -2.50. The van der Waals surface area contributed by atoms with Gasteiger partial charge in [0.05, 0.1) is 10.6 Å². The van der Waals surface area contributed by atoms with E-state index in [9.17, 15) is 14.9 Å². The Bertz CT molecular complexity index is 805. The van der Waals surface area contributed by atoms with Crippen LogP contribution in [0.2, 0.25) is 0 Å². The number of amides is 1. The molecule has 0 spiro atoms. The summed E-state index contributed by atoms with van der Waals surface area (Å²) in [7, 11) is 1.91. The van der Waals surface area contributed by atoms with E-state index in [1.807, 2.05) is 24.9 Å². The monoisotopic (exact) mass is 361 g/mol. The number of hydrogen-bond acceptors (Lipinski definition) is 6. The molecule has 1 unspecified atom stereocenters. The highest BCUT2D eigenvalue weighted by Gasteiger charge is 2.27. The fourth-order valence-electron chi connectivity index (χ4n) is 3.18. The van der Waals surface area contributed by atoms with Crippen molar-refractivity contribution in [3.63, 3.8) is 0 Å². The van der Waals surface area contributed by atoms with Gasteiger partial charge in [-0.2, -0.15) is 10.2 Å². The molecule has 0 aromatic carbocycles. The molecule has 26 heavy (non-hydrogen) atoms. The zero-order valence-corrected chi connectivity index (χ0v) is 15.2. The van der Waals surface area contributed by atoms with Crippen LogP contribution in [0.5, 0.6) is 0 Å². The van der Waals surface area contributed by atoms with Crippen molar-refractivity contribution in [1.29, 1.82) is 0 Å². The van der Waals surface area contributed by atoms with E-state index in [0.29, 0.717) is 13.1 Å². The average molecular weight is 361 g/mol. The summed E-state index contributed by atoms with van der Waals surface area (Å²) < 4.78 is 3.17. The molecule has 1 fully saturated rings. The van der Waals surface area contributed by atoms with Crippen LogP contribution < -0.4 is 0 Å². The molecule has 3 rings (SSSR count). The minimum absolute atomic E-state index is 0.0693. The Labute approximate surface area is 151 Å². The summed E-state index contributed by atoms with van der Waals surface area (Å²) in [5.74, 6) is -0.0693. The minimum atomic E-state index is -0.559. The van der Waals surface area contributed by atoms with Crippen molar-refractivity contribution in [3.05, 3.63) is 40.0 Å². The first-order valence-corrected chi connectivity index (χ1v) is 8.54. The Morgan fingerprint density at radius 2 is 2.00 bits per heavy atom. The maximum absolute atomic E-state index is 12.7. The number of rotatable bonds is 5. The lowest BCUT2D eigenvalue weighted by atomic mass is 10.2. The Morgan fingerprint density at radius 3 is 2.54 bits per heavy atom. The van der Waals surface area contributed by atoms with Gasteiger partial charge >= 0.3 is 5.69 Å². The van der Waals surface area contributed by atoms with Gasteiger partial charge in [-0.15, -0.1) is 0 Å². The summed E-state index contributed by atoms with van der Waals surface area (Å²) in [6.07, 6.45) is 4.49. The Hall–Kier alpha value is -2.75. The van der Waals surface area contributed by atoms with E-state index in [1.165, 1.54) is 16.4 Å². The summed E-state index contributed by atoms with van der Waals surface area (Å²) in [5, 5.41) is 19.1. The van der Waals surface area contributed by atoms with E-state index < -0.39 is 11.0 Å². The van der Waals surface area contributed by atoms with Crippen molar-refractivity contribution in [2.75, 3.05) is 26.2 Å². The Morgan fingerprint density at radius 1 is 1.31 bits per heavy atom. The summed E-state index contributed by atoms with van der Waals surface area (Å²) in [4.78, 5) is 27.0. The van der Waals surface area contributed by atoms with Gasteiger partial charge in [0.1, 0.15) is 18.4 Å². The van der Waals surface area contributed by atoms with E-state index in [1.54, 1.807) is 11.8 Å². The zero-order valence-electron chi connectivity index (χ0n) is 15.2. The fraction of sp³-hybridized carbons (Fsp3) is 0.562. The lowest BCUT2D eigenvalue weighted by molar-refractivity contribution is -0.385. The van der Waals surface area contributed by atoms with Gasteiger partial charge in [-0.1, -0.05) is 0 Å². The third-order valence-corrected chi connectivity index (χ3v) is 4.75. The van der Waals surface area contributed by atoms with Crippen molar-refractivity contribution in [2.45, 2.75) is 26.4 Å². The molecular weight excluding hydrogens is 338 g/mol. The van der Waals surface area contributed by atoms with Gasteiger partial charge in [0.25, 0.3) is 0 Å². The van der Waals surface area contributed by atoms with Crippen LogP contribution in [0.15, 0.2) is 18.6 Å². The van der Waals surface area contributed by atoms with E-state index in [0.717, 1.165) is 31.5 Å². The molecule has 1 aliphatic heterocycles. The third-order valence-electron chi connectivity index (χ3n) is 4.75. The number of nitro groups is 1. The van der Waals surface area contributed by atoms with Crippen molar-refractivity contribution >= 4 is 11.6 Å². The Kier molecular flexibility index (Phi) is 5.03. The predicted octanol–water partition coefficient (Wildman–Crippen LogP) is 0.739. The van der Waals surface area contributed by atoms with Gasteiger partial charge in [-0.05, 0) is 13.8 Å². The molecule has 0 saturated carbocycles. The summed E-state index contributed by atoms with van der Waals surface area (Å²) in [5.41, 5.74) is 2.12. The van der Waals surface area contributed by atoms with Crippen molar-refractivity contribution in [2.24, 2.45) is 7.05 Å². The first-order valence-electron chi connectivity index (χ1n) is 8.54. The van der Waals surface area contributed by atoms with E-state index in [-0.39, 0.29) is 11.6 Å². The summed E-state index contributed by atoms with van der Waals surface area (Å²) >= 11 is 0. The van der Waals surface area contributed by atoms with Crippen LogP contribution in [0.4, 0.5) is 5.69 Å². The molecule has 2 aromatic heterocycles. The number of carbonyl (C=O) groups excluding carboxylic acids is 1. The standard InChI is InChI=1S/C16H23N7O3/c1-12-14(9-19(3)18-12)10-20-4-6-21(7-5-20)16(24)13(2)22-11-15(8-17-22)23(25)26/h8-9,11,13H,4-7,10H2,1-3H3. The highest BCUT2D eigenvalue weighted by molar-refractivity contribution is 5.80. The molecule has 1 amide bonds. The largest absolute Gasteiger partial charge is 0.338 e. The number of aryl methyl sites for hydroxylation is 2. The van der Waals surface area contributed by atoms with E-state index in [4.69, 9.17) is 0 Å². The molecule has 10 nitrogen and oxygen atoms in total. The molecule has 10 heteroatoms. The molecule has 0 bridgehead atoms. The molecule has 3 heterocycles. The van der Waals surface area contributed by atoms with Gasteiger partial charge in [0, 0.05) is 51.5 Å². The molecule has 1 saturated heterocycles. The van der Waals surface area contributed by atoms with Crippen LogP contribution in [0, 0.1) is 17.0 Å². The molecule has 1 aliphatic rings. The van der Waals surface area contributed by atoms with Crippen LogP contribution in [0.3, 0.4) is 0 Å². The van der Waals surface area contributed by atoms with Crippen LogP contribution >= 0.6 is 0 Å². The molecular formula is C16H23N7O3. The maximum Gasteiger partial charge on any atom is 0.307 e. The molecule has 0 radical (unpaired) electrons. The molecule has 140 valence electrons. The topological polar surface area (TPSA) is 102 Å². The minimum Gasteiger partial charge on any atom is -0.338 e. The molecule has 1 atom stereocenters.